The monoisotopic (exact) mass is 399 g/mol. The molecule has 0 spiro atoms. The average molecular weight is 399 g/mol. The van der Waals surface area contributed by atoms with Crippen LogP contribution in [0.4, 0.5) is 5.69 Å². The van der Waals surface area contributed by atoms with Crippen molar-refractivity contribution in [3.8, 4) is 0 Å². The van der Waals surface area contributed by atoms with Gasteiger partial charge in [-0.15, -0.1) is 0 Å². The molecule has 0 atom stereocenters. The van der Waals surface area contributed by atoms with E-state index >= 15 is 0 Å². The molecule has 5 nitrogen and oxygen atoms in total. The van der Waals surface area contributed by atoms with Gasteiger partial charge >= 0.3 is 0 Å². The van der Waals surface area contributed by atoms with Crippen molar-refractivity contribution in [3.63, 3.8) is 0 Å². The highest BCUT2D eigenvalue weighted by Crippen LogP contribution is 2.33. The van der Waals surface area contributed by atoms with E-state index in [9.17, 15) is 9.59 Å². The third-order valence-electron chi connectivity index (χ3n) is 4.13. The predicted octanol–water partition coefficient (Wildman–Crippen LogP) is 4.64. The number of aliphatic imine (C=N–C) groups is 1. The fraction of sp³-hybridized carbons (Fsp3) is 0. The number of amidine groups is 1. The number of hydrogen-bond acceptors (Lipinski definition) is 4. The van der Waals surface area contributed by atoms with E-state index in [1.54, 1.807) is 30.3 Å². The van der Waals surface area contributed by atoms with E-state index < -0.39 is 0 Å². The molecule has 29 heavy (non-hydrogen) atoms. The second-order valence-corrected chi connectivity index (χ2v) is 7.21. The standard InChI is InChI=1S/C23H17N3O2S/c27-21(18-12-6-2-7-13-18)25-26-22(28)20(16-17-10-4-1-5-11-17)29-23(26)24-19-14-8-3-9-15-19/h1-16H,(H,25,27). The number of benzene rings is 3. The van der Waals surface area contributed by atoms with Gasteiger partial charge in [0, 0.05) is 5.56 Å². The first kappa shape index (κ1) is 18.7. The Kier molecular flexibility index (Phi) is 5.54. The van der Waals surface area contributed by atoms with E-state index in [-0.39, 0.29) is 11.8 Å². The molecule has 3 aromatic rings. The van der Waals surface area contributed by atoms with Crippen LogP contribution in [0, 0.1) is 0 Å². The van der Waals surface area contributed by atoms with E-state index in [0.29, 0.717) is 21.3 Å². The number of para-hydroxylation sites is 1. The van der Waals surface area contributed by atoms with Gasteiger partial charge in [-0.25, -0.2) is 4.99 Å². The Balaban J connectivity index is 1.67. The number of carbonyl (C=O) groups excluding carboxylic acids is 2. The van der Waals surface area contributed by atoms with Crippen LogP contribution in [0.25, 0.3) is 6.08 Å². The molecule has 0 saturated carbocycles. The minimum absolute atomic E-state index is 0.321. The maximum atomic E-state index is 13.0. The van der Waals surface area contributed by atoms with Crippen LogP contribution in [-0.2, 0) is 4.79 Å². The Morgan fingerprint density at radius 3 is 2.10 bits per heavy atom. The lowest BCUT2D eigenvalue weighted by Gasteiger charge is -2.16. The van der Waals surface area contributed by atoms with E-state index in [4.69, 9.17) is 0 Å². The fourth-order valence-corrected chi connectivity index (χ4v) is 3.66. The summed E-state index contributed by atoms with van der Waals surface area (Å²) in [5.41, 5.74) is 4.74. The van der Waals surface area contributed by atoms with Crippen molar-refractivity contribution in [2.24, 2.45) is 4.99 Å². The zero-order valence-corrected chi connectivity index (χ0v) is 16.2. The predicted molar refractivity (Wildman–Crippen MR) is 116 cm³/mol. The van der Waals surface area contributed by atoms with Gasteiger partial charge in [0.2, 0.25) is 0 Å². The van der Waals surface area contributed by atoms with Crippen molar-refractivity contribution in [2.75, 3.05) is 0 Å². The molecule has 2 amide bonds. The zero-order valence-electron chi connectivity index (χ0n) is 15.4. The third-order valence-corrected chi connectivity index (χ3v) is 5.10. The SMILES string of the molecule is O=C(NN1C(=O)C(=Cc2ccccc2)SC1=Nc1ccccc1)c1ccccc1. The first-order chi connectivity index (χ1) is 14.2. The summed E-state index contributed by atoms with van der Waals surface area (Å²) in [6.07, 6.45) is 1.79. The summed E-state index contributed by atoms with van der Waals surface area (Å²) in [7, 11) is 0. The van der Waals surface area contributed by atoms with Crippen LogP contribution in [-0.4, -0.2) is 22.0 Å². The maximum Gasteiger partial charge on any atom is 0.285 e. The summed E-state index contributed by atoms with van der Waals surface area (Å²) in [5, 5.41) is 1.61. The van der Waals surface area contributed by atoms with Crippen LogP contribution < -0.4 is 5.43 Å². The van der Waals surface area contributed by atoms with Crippen LogP contribution >= 0.6 is 11.8 Å². The maximum absolute atomic E-state index is 13.0. The molecule has 4 rings (SSSR count). The number of rotatable bonds is 4. The fourth-order valence-electron chi connectivity index (χ4n) is 2.72. The van der Waals surface area contributed by atoms with Crippen LogP contribution in [0.15, 0.2) is 101 Å². The summed E-state index contributed by atoms with van der Waals surface area (Å²) in [6.45, 7) is 0. The second kappa shape index (κ2) is 8.58. The van der Waals surface area contributed by atoms with Crippen LogP contribution in [0.3, 0.4) is 0 Å². The van der Waals surface area contributed by atoms with Gasteiger partial charge in [-0.2, -0.15) is 5.01 Å². The molecular weight excluding hydrogens is 382 g/mol. The van der Waals surface area contributed by atoms with Gasteiger partial charge in [0.05, 0.1) is 10.6 Å². The number of carbonyl (C=O) groups is 2. The highest BCUT2D eigenvalue weighted by atomic mass is 32.2. The van der Waals surface area contributed by atoms with Crippen LogP contribution in [0.5, 0.6) is 0 Å². The first-order valence-corrected chi connectivity index (χ1v) is 9.81. The Morgan fingerprint density at radius 2 is 1.45 bits per heavy atom. The number of nitrogens with zero attached hydrogens (tertiary/aromatic N) is 2. The van der Waals surface area contributed by atoms with E-state index in [1.165, 1.54) is 16.8 Å². The van der Waals surface area contributed by atoms with Gasteiger partial charge in [-0.1, -0.05) is 66.7 Å². The Hall–Kier alpha value is -3.64. The largest absolute Gasteiger partial charge is 0.285 e. The molecule has 0 bridgehead atoms. The number of hydrazine groups is 1. The lowest BCUT2D eigenvalue weighted by Crippen LogP contribution is -2.45. The molecule has 3 aromatic carbocycles. The quantitative estimate of drug-likeness (QED) is 0.651. The smallest absolute Gasteiger partial charge is 0.267 e. The van der Waals surface area contributed by atoms with Crippen molar-refractivity contribution >= 4 is 40.5 Å². The van der Waals surface area contributed by atoms with Gasteiger partial charge < -0.3 is 0 Å². The zero-order chi connectivity index (χ0) is 20.1. The minimum atomic E-state index is -0.374. The third kappa shape index (κ3) is 4.44. The van der Waals surface area contributed by atoms with E-state index in [1.807, 2.05) is 66.7 Å². The van der Waals surface area contributed by atoms with Gasteiger partial charge in [0.1, 0.15) is 0 Å². The molecule has 0 aromatic heterocycles. The second-order valence-electron chi connectivity index (χ2n) is 6.20. The molecule has 1 heterocycles. The van der Waals surface area contributed by atoms with Crippen LogP contribution in [0.1, 0.15) is 15.9 Å². The Bertz CT molecular complexity index is 1080. The van der Waals surface area contributed by atoms with Crippen molar-refractivity contribution in [3.05, 3.63) is 107 Å². The molecule has 1 aliphatic heterocycles. The molecular formula is C23H17N3O2S. The van der Waals surface area contributed by atoms with Gasteiger partial charge in [0.15, 0.2) is 5.17 Å². The molecule has 1 saturated heterocycles. The van der Waals surface area contributed by atoms with E-state index in [0.717, 1.165) is 5.56 Å². The Morgan fingerprint density at radius 1 is 0.862 bits per heavy atom. The molecule has 0 radical (unpaired) electrons. The normalized spacial score (nSPS) is 16.4. The van der Waals surface area contributed by atoms with Crippen molar-refractivity contribution in [2.45, 2.75) is 0 Å². The number of thioether (sulfide) groups is 1. The average Bonchev–Trinajstić information content (AvgIpc) is 3.04. The van der Waals surface area contributed by atoms with Gasteiger partial charge in [-0.05, 0) is 47.7 Å². The number of nitrogens with one attached hydrogen (secondary N) is 1. The topological polar surface area (TPSA) is 61.8 Å². The van der Waals surface area contributed by atoms with Gasteiger partial charge in [0.25, 0.3) is 11.8 Å². The molecule has 0 aliphatic carbocycles. The van der Waals surface area contributed by atoms with Crippen molar-refractivity contribution in [1.29, 1.82) is 0 Å². The Labute approximate surface area is 172 Å². The lowest BCUT2D eigenvalue weighted by atomic mass is 10.2. The first-order valence-electron chi connectivity index (χ1n) is 8.99. The highest BCUT2D eigenvalue weighted by Gasteiger charge is 2.35. The summed E-state index contributed by atoms with van der Waals surface area (Å²) < 4.78 is 0. The molecule has 1 aliphatic rings. The molecule has 1 fully saturated rings. The minimum Gasteiger partial charge on any atom is -0.267 e. The molecule has 6 heteroatoms. The lowest BCUT2D eigenvalue weighted by molar-refractivity contribution is -0.123. The number of hydrogen-bond donors (Lipinski definition) is 1. The van der Waals surface area contributed by atoms with Crippen molar-refractivity contribution in [1.82, 2.24) is 10.4 Å². The summed E-state index contributed by atoms with van der Waals surface area (Å²) >= 11 is 1.23. The van der Waals surface area contributed by atoms with E-state index in [2.05, 4.69) is 10.4 Å². The van der Waals surface area contributed by atoms with Crippen LogP contribution in [0.2, 0.25) is 0 Å². The van der Waals surface area contributed by atoms with Crippen molar-refractivity contribution < 1.29 is 9.59 Å². The molecule has 0 unspecified atom stereocenters. The highest BCUT2D eigenvalue weighted by molar-refractivity contribution is 8.18. The van der Waals surface area contributed by atoms with Gasteiger partial charge in [-0.3, -0.25) is 15.0 Å². The molecule has 142 valence electrons. The molecule has 1 N–H and O–H groups in total. The number of amides is 2. The summed E-state index contributed by atoms with van der Waals surface area (Å²) in [4.78, 5) is 30.7. The summed E-state index contributed by atoms with van der Waals surface area (Å²) in [6, 6.07) is 27.6. The summed E-state index contributed by atoms with van der Waals surface area (Å²) in [5.74, 6) is -0.695.